The number of ether oxygens (including phenoxy) is 1. The van der Waals surface area contributed by atoms with Gasteiger partial charge in [-0.3, -0.25) is 0 Å². The molecule has 6 rings (SSSR count). The Kier molecular flexibility index (Phi) is 8.80. The lowest BCUT2D eigenvalue weighted by molar-refractivity contribution is 0.339. The number of hydrogen-bond donors (Lipinski definition) is 0. The lowest BCUT2D eigenvalue weighted by atomic mass is 9.83. The fourth-order valence-corrected chi connectivity index (χ4v) is 6.75. The van der Waals surface area contributed by atoms with Gasteiger partial charge in [0.2, 0.25) is 0 Å². The Morgan fingerprint density at radius 2 is 1.29 bits per heavy atom. The van der Waals surface area contributed by atoms with Crippen LogP contribution >= 0.6 is 0 Å². The van der Waals surface area contributed by atoms with Gasteiger partial charge in [-0.15, -0.1) is 0 Å². The Hall–Kier alpha value is -5.14. The molecule has 0 fully saturated rings. The van der Waals surface area contributed by atoms with E-state index in [1.165, 1.54) is 49.0 Å². The van der Waals surface area contributed by atoms with Crippen molar-refractivity contribution in [1.82, 2.24) is 0 Å². The first-order valence-electron chi connectivity index (χ1n) is 15.8. The van der Waals surface area contributed by atoms with E-state index in [1.54, 1.807) is 0 Å². The molecule has 0 amide bonds. The molecule has 0 radical (unpaired) electrons. The summed E-state index contributed by atoms with van der Waals surface area (Å²) < 4.78 is 6.08. The fourth-order valence-electron chi connectivity index (χ4n) is 6.75. The van der Waals surface area contributed by atoms with Gasteiger partial charge < -0.3 is 4.74 Å². The van der Waals surface area contributed by atoms with Crippen LogP contribution in [-0.4, -0.2) is 0 Å². The molecule has 1 aliphatic rings. The molecule has 1 heterocycles. The molecule has 0 saturated heterocycles. The van der Waals surface area contributed by atoms with Gasteiger partial charge in [0, 0.05) is 5.92 Å². The molecule has 0 aromatic heterocycles. The van der Waals surface area contributed by atoms with E-state index < -0.39 is 0 Å². The van der Waals surface area contributed by atoms with Crippen LogP contribution in [0.2, 0.25) is 0 Å². The molecule has 0 N–H and O–H groups in total. The maximum Gasteiger partial charge on any atom is 0.120 e. The Morgan fingerprint density at radius 1 is 0.689 bits per heavy atom. The van der Waals surface area contributed by atoms with Crippen LogP contribution in [0.15, 0.2) is 170 Å². The first-order valence-corrected chi connectivity index (χ1v) is 15.8. The molecule has 0 saturated carbocycles. The van der Waals surface area contributed by atoms with Crippen LogP contribution in [0.25, 0.3) is 49.0 Å². The third kappa shape index (κ3) is 6.12. The predicted molar refractivity (Wildman–Crippen MR) is 196 cm³/mol. The van der Waals surface area contributed by atoms with E-state index in [0.717, 1.165) is 24.0 Å². The van der Waals surface area contributed by atoms with Crippen LogP contribution in [0.1, 0.15) is 32.3 Å². The van der Waals surface area contributed by atoms with Gasteiger partial charge in [0.1, 0.15) is 11.5 Å². The van der Waals surface area contributed by atoms with Gasteiger partial charge >= 0.3 is 0 Å². The molecule has 2 unspecified atom stereocenters. The molecule has 1 aliphatic heterocycles. The largest absolute Gasteiger partial charge is 0.459 e. The van der Waals surface area contributed by atoms with Gasteiger partial charge in [0.25, 0.3) is 0 Å². The fraction of sp³-hybridized carbons (Fsp3) is 0.136. The Labute approximate surface area is 267 Å². The van der Waals surface area contributed by atoms with E-state index in [1.807, 2.05) is 18.2 Å². The van der Waals surface area contributed by atoms with Crippen LogP contribution in [0.3, 0.4) is 0 Å². The second kappa shape index (κ2) is 13.2. The Morgan fingerprint density at radius 3 is 1.93 bits per heavy atom. The third-order valence-corrected chi connectivity index (χ3v) is 8.80. The third-order valence-electron chi connectivity index (χ3n) is 8.80. The molecule has 5 aromatic carbocycles. The Bertz CT molecular complexity index is 2000. The van der Waals surface area contributed by atoms with Gasteiger partial charge in [-0.1, -0.05) is 148 Å². The van der Waals surface area contributed by atoms with Crippen LogP contribution in [0, 0.1) is 11.8 Å². The average Bonchev–Trinajstić information content (AvgIpc) is 3.06. The summed E-state index contributed by atoms with van der Waals surface area (Å²) in [5, 5.41) is 7.43. The van der Waals surface area contributed by atoms with E-state index >= 15 is 0 Å². The number of fused-ring (bicyclic) bond motifs is 3. The molecule has 1 nitrogen and oxygen atoms in total. The summed E-state index contributed by atoms with van der Waals surface area (Å²) in [5.74, 6) is 1.66. The minimum atomic E-state index is 0.232. The van der Waals surface area contributed by atoms with Crippen molar-refractivity contribution >= 4 is 37.9 Å². The summed E-state index contributed by atoms with van der Waals surface area (Å²) in [6.45, 7) is 16.8. The van der Waals surface area contributed by atoms with Crippen molar-refractivity contribution in [3.63, 3.8) is 0 Å². The highest BCUT2D eigenvalue weighted by atomic mass is 16.5. The number of allylic oxidation sites excluding steroid dienone is 9. The van der Waals surface area contributed by atoms with Crippen molar-refractivity contribution in [1.29, 1.82) is 0 Å². The lowest BCUT2D eigenvalue weighted by Gasteiger charge is -2.20. The monoisotopic (exact) mass is 584 g/mol. The van der Waals surface area contributed by atoms with Crippen LogP contribution < -0.4 is 0 Å². The van der Waals surface area contributed by atoms with Crippen LogP contribution in [0.4, 0.5) is 0 Å². The molecule has 2 atom stereocenters. The predicted octanol–water partition coefficient (Wildman–Crippen LogP) is 12.5. The zero-order chi connectivity index (χ0) is 31.3. The van der Waals surface area contributed by atoms with E-state index in [4.69, 9.17) is 4.74 Å². The number of benzene rings is 5. The first-order chi connectivity index (χ1) is 22.0. The summed E-state index contributed by atoms with van der Waals surface area (Å²) in [6.07, 6.45) is 16.8. The number of rotatable bonds is 4. The van der Waals surface area contributed by atoms with Gasteiger partial charge in [0.15, 0.2) is 0 Å². The topological polar surface area (TPSA) is 9.23 Å². The standard InChI is InChI=1S/C44H40O/c1-6-15-34-26-24-30(3)28-36(27-25-31(4)45-32(5)29-33(34)7-2)43-39-19-10-12-21-41(39)44(42-22-13-11-20-40(42)43)38-23-14-17-35-16-8-9-18-37(35)38/h6-23,25,27-30,34H,2,4-5,24,26H2,1,3H3/b15-6-,27-25-,33-29-,36-28+. The van der Waals surface area contributed by atoms with Crippen molar-refractivity contribution < 1.29 is 4.74 Å². The molecule has 45 heavy (non-hydrogen) atoms. The molecular weight excluding hydrogens is 544 g/mol. The minimum Gasteiger partial charge on any atom is -0.459 e. The van der Waals surface area contributed by atoms with Gasteiger partial charge in [-0.2, -0.15) is 0 Å². The molecule has 222 valence electrons. The Balaban J connectivity index is 1.59. The SMILES string of the molecule is C=C/C1=C/C(=C)OC(=C)/C=C\C(c2c3ccccc3c(-c3cccc4ccccc34)c3ccccc23)=C/C(C)CCC1/C=C\C. The summed E-state index contributed by atoms with van der Waals surface area (Å²) in [6, 6.07) is 33.0. The second-order valence-corrected chi connectivity index (χ2v) is 11.9. The highest BCUT2D eigenvalue weighted by Gasteiger charge is 2.19. The van der Waals surface area contributed by atoms with Crippen LogP contribution in [0.5, 0.6) is 0 Å². The number of hydrogen-bond acceptors (Lipinski definition) is 1. The van der Waals surface area contributed by atoms with Crippen molar-refractivity contribution in [2.24, 2.45) is 11.8 Å². The quantitative estimate of drug-likeness (QED) is 0.151. The van der Waals surface area contributed by atoms with Gasteiger partial charge in [-0.05, 0) is 98.0 Å². The molecular formula is C44H40O. The van der Waals surface area contributed by atoms with Gasteiger partial charge in [0.05, 0.1) is 0 Å². The smallest absolute Gasteiger partial charge is 0.120 e. The minimum absolute atomic E-state index is 0.232. The van der Waals surface area contributed by atoms with E-state index in [-0.39, 0.29) is 5.92 Å². The van der Waals surface area contributed by atoms with E-state index in [2.05, 4.69) is 149 Å². The lowest BCUT2D eigenvalue weighted by Crippen LogP contribution is -2.03. The molecule has 1 heteroatoms. The van der Waals surface area contributed by atoms with Crippen molar-refractivity contribution in [2.45, 2.75) is 26.7 Å². The van der Waals surface area contributed by atoms with Crippen molar-refractivity contribution in [2.75, 3.05) is 0 Å². The average molecular weight is 585 g/mol. The maximum absolute atomic E-state index is 6.08. The molecule has 0 spiro atoms. The van der Waals surface area contributed by atoms with Gasteiger partial charge in [-0.25, -0.2) is 0 Å². The first kappa shape index (κ1) is 29.9. The van der Waals surface area contributed by atoms with Crippen molar-refractivity contribution in [3.8, 4) is 11.1 Å². The summed E-state index contributed by atoms with van der Waals surface area (Å²) in [4.78, 5) is 0. The maximum atomic E-state index is 6.08. The summed E-state index contributed by atoms with van der Waals surface area (Å²) in [5.41, 5.74) is 6.01. The molecule has 0 aliphatic carbocycles. The zero-order valence-electron chi connectivity index (χ0n) is 26.3. The van der Waals surface area contributed by atoms with Crippen molar-refractivity contribution in [3.05, 3.63) is 176 Å². The highest BCUT2D eigenvalue weighted by molar-refractivity contribution is 6.21. The molecule has 0 bridgehead atoms. The van der Waals surface area contributed by atoms with Crippen LogP contribution in [-0.2, 0) is 4.74 Å². The van der Waals surface area contributed by atoms with E-state index in [0.29, 0.717) is 17.4 Å². The summed E-state index contributed by atoms with van der Waals surface area (Å²) >= 11 is 0. The second-order valence-electron chi connectivity index (χ2n) is 11.9. The zero-order valence-corrected chi connectivity index (χ0v) is 26.3. The van der Waals surface area contributed by atoms with E-state index in [9.17, 15) is 0 Å². The summed E-state index contributed by atoms with van der Waals surface area (Å²) in [7, 11) is 0. The normalized spacial score (nSPS) is 21.3. The molecule has 5 aromatic rings. The highest BCUT2D eigenvalue weighted by Crippen LogP contribution is 2.44.